The third kappa shape index (κ3) is 2.51. The summed E-state index contributed by atoms with van der Waals surface area (Å²) in [6.07, 6.45) is 1.55. The van der Waals surface area contributed by atoms with Crippen LogP contribution in [0.4, 0.5) is 0 Å². The molecule has 3 rings (SSSR count). The number of cyclic esters (lactones) is 1. The molecule has 1 aliphatic rings. The average molecular weight is 288 g/mol. The van der Waals surface area contributed by atoms with Crippen molar-refractivity contribution in [2.75, 3.05) is 0 Å². The lowest BCUT2D eigenvalue weighted by molar-refractivity contribution is -0.129. The number of rotatable bonds is 2. The molecule has 4 nitrogen and oxygen atoms in total. The molecule has 1 aromatic heterocycles. The van der Waals surface area contributed by atoms with Crippen LogP contribution in [0, 0.1) is 6.92 Å². The number of nitrogens with zero attached hydrogens (tertiary/aromatic N) is 1. The number of hydrogen-bond acceptors (Lipinski definition) is 4. The third-order valence-electron chi connectivity index (χ3n) is 2.73. The van der Waals surface area contributed by atoms with E-state index >= 15 is 0 Å². The fourth-order valence-electron chi connectivity index (χ4n) is 1.82. The Labute approximate surface area is 120 Å². The highest BCUT2D eigenvalue weighted by Crippen LogP contribution is 2.21. The van der Waals surface area contributed by atoms with E-state index in [9.17, 15) is 4.79 Å². The maximum Gasteiger partial charge on any atom is 0.363 e. The molecule has 2 aromatic rings. The molecule has 0 aliphatic carbocycles. The Morgan fingerprint density at radius 2 is 2.10 bits per heavy atom. The molecule has 0 radical (unpaired) electrons. The Kier molecular flexibility index (Phi) is 3.16. The smallest absolute Gasteiger partial charge is 0.363 e. The van der Waals surface area contributed by atoms with E-state index in [2.05, 4.69) is 4.99 Å². The monoisotopic (exact) mass is 287 g/mol. The minimum Gasteiger partial charge on any atom is -0.462 e. The van der Waals surface area contributed by atoms with Crippen LogP contribution in [0.25, 0.3) is 6.08 Å². The average Bonchev–Trinajstić information content (AvgIpc) is 2.97. The maximum absolute atomic E-state index is 11.8. The van der Waals surface area contributed by atoms with Crippen LogP contribution in [0.15, 0.2) is 51.5 Å². The third-order valence-corrected chi connectivity index (χ3v) is 2.97. The lowest BCUT2D eigenvalue weighted by Crippen LogP contribution is -2.05. The van der Waals surface area contributed by atoms with Crippen molar-refractivity contribution in [2.45, 2.75) is 6.92 Å². The summed E-state index contributed by atoms with van der Waals surface area (Å²) in [6, 6.07) is 10.6. The second-order valence-corrected chi connectivity index (χ2v) is 4.73. The Hall–Kier alpha value is -2.33. The summed E-state index contributed by atoms with van der Waals surface area (Å²) in [5, 5.41) is 0.556. The molecule has 0 amide bonds. The fraction of sp³-hybridized carbons (Fsp3) is 0.0667. The first-order valence-electron chi connectivity index (χ1n) is 5.97. The van der Waals surface area contributed by atoms with Gasteiger partial charge in [0.05, 0.1) is 0 Å². The number of carbonyl (C=O) groups excluding carboxylic acids is 1. The summed E-state index contributed by atoms with van der Waals surface area (Å²) in [7, 11) is 0. The molecule has 0 atom stereocenters. The number of halogens is 1. The van der Waals surface area contributed by atoms with Crippen LogP contribution in [0.1, 0.15) is 17.1 Å². The first-order valence-corrected chi connectivity index (χ1v) is 6.34. The van der Waals surface area contributed by atoms with E-state index in [1.165, 1.54) is 0 Å². The van der Waals surface area contributed by atoms with Gasteiger partial charge in [-0.25, -0.2) is 9.79 Å². The van der Waals surface area contributed by atoms with Crippen LogP contribution >= 0.6 is 11.6 Å². The SMILES string of the molecule is Cc1ccc(/C=C2/N=C(c3cccc(Cl)c3)OC2=O)o1. The normalized spacial score (nSPS) is 16.4. The molecule has 0 saturated carbocycles. The summed E-state index contributed by atoms with van der Waals surface area (Å²) < 4.78 is 10.5. The van der Waals surface area contributed by atoms with Crippen LogP contribution in [-0.4, -0.2) is 11.9 Å². The van der Waals surface area contributed by atoms with E-state index in [4.69, 9.17) is 20.8 Å². The molecule has 100 valence electrons. The highest BCUT2D eigenvalue weighted by atomic mass is 35.5. The Morgan fingerprint density at radius 3 is 2.80 bits per heavy atom. The van der Waals surface area contributed by atoms with E-state index in [0.29, 0.717) is 16.3 Å². The zero-order valence-electron chi connectivity index (χ0n) is 10.6. The predicted octanol–water partition coefficient (Wildman–Crippen LogP) is 3.59. The van der Waals surface area contributed by atoms with E-state index in [0.717, 1.165) is 5.76 Å². The van der Waals surface area contributed by atoms with Crippen molar-refractivity contribution in [3.63, 3.8) is 0 Å². The highest BCUT2D eigenvalue weighted by Gasteiger charge is 2.24. The molecule has 5 heteroatoms. The Balaban J connectivity index is 1.94. The number of furan rings is 1. The van der Waals surface area contributed by atoms with Crippen molar-refractivity contribution in [1.82, 2.24) is 0 Å². The first kappa shape index (κ1) is 12.7. The quantitative estimate of drug-likeness (QED) is 0.626. The van der Waals surface area contributed by atoms with Gasteiger partial charge in [0.2, 0.25) is 5.90 Å². The van der Waals surface area contributed by atoms with Gasteiger partial charge in [-0.3, -0.25) is 0 Å². The standard InChI is InChI=1S/C15H10ClNO3/c1-9-5-6-12(19-9)8-13-15(18)20-14(17-13)10-3-2-4-11(16)7-10/h2-8H,1H3/b13-8+. The van der Waals surface area contributed by atoms with Gasteiger partial charge in [0, 0.05) is 16.7 Å². The molecule has 0 spiro atoms. The molecule has 0 saturated heterocycles. The molecule has 0 unspecified atom stereocenters. The van der Waals surface area contributed by atoms with Crippen molar-refractivity contribution in [3.05, 3.63) is 64.2 Å². The molecule has 0 bridgehead atoms. The summed E-state index contributed by atoms with van der Waals surface area (Å²) in [6.45, 7) is 1.83. The van der Waals surface area contributed by atoms with Crippen molar-refractivity contribution >= 4 is 29.5 Å². The van der Waals surface area contributed by atoms with Gasteiger partial charge >= 0.3 is 5.97 Å². The molecule has 1 aliphatic heterocycles. The van der Waals surface area contributed by atoms with E-state index in [-0.39, 0.29) is 11.6 Å². The first-order chi connectivity index (χ1) is 9.61. The highest BCUT2D eigenvalue weighted by molar-refractivity contribution is 6.31. The molecule has 20 heavy (non-hydrogen) atoms. The Morgan fingerprint density at radius 1 is 1.25 bits per heavy atom. The molecule has 0 fully saturated rings. The number of carbonyl (C=O) groups is 1. The van der Waals surface area contributed by atoms with Gasteiger partial charge in [-0.15, -0.1) is 0 Å². The van der Waals surface area contributed by atoms with E-state index in [1.54, 1.807) is 36.4 Å². The summed E-state index contributed by atoms with van der Waals surface area (Å²) >= 11 is 5.90. The number of hydrogen-bond donors (Lipinski definition) is 0. The van der Waals surface area contributed by atoms with E-state index in [1.807, 2.05) is 13.0 Å². The van der Waals surface area contributed by atoms with Crippen LogP contribution < -0.4 is 0 Å². The zero-order valence-corrected chi connectivity index (χ0v) is 11.3. The van der Waals surface area contributed by atoms with Gasteiger partial charge in [0.15, 0.2) is 5.70 Å². The van der Waals surface area contributed by atoms with Gasteiger partial charge < -0.3 is 9.15 Å². The van der Waals surface area contributed by atoms with Gasteiger partial charge in [-0.1, -0.05) is 17.7 Å². The van der Waals surface area contributed by atoms with Gasteiger partial charge in [0.25, 0.3) is 0 Å². The summed E-state index contributed by atoms with van der Waals surface area (Å²) in [4.78, 5) is 15.9. The lowest BCUT2D eigenvalue weighted by Gasteiger charge is -1.98. The second kappa shape index (κ2) is 4.98. The second-order valence-electron chi connectivity index (χ2n) is 4.29. The van der Waals surface area contributed by atoms with Crippen LogP contribution in [0.3, 0.4) is 0 Å². The van der Waals surface area contributed by atoms with Gasteiger partial charge in [-0.05, 0) is 37.3 Å². The Bertz CT molecular complexity index is 743. The van der Waals surface area contributed by atoms with Gasteiger partial charge in [-0.2, -0.15) is 0 Å². The fourth-order valence-corrected chi connectivity index (χ4v) is 2.01. The van der Waals surface area contributed by atoms with Crippen molar-refractivity contribution in [3.8, 4) is 0 Å². The number of aliphatic imine (C=N–C) groups is 1. The number of benzene rings is 1. The molecular formula is C15H10ClNO3. The topological polar surface area (TPSA) is 51.8 Å². The van der Waals surface area contributed by atoms with Crippen molar-refractivity contribution in [1.29, 1.82) is 0 Å². The minimum absolute atomic E-state index is 0.203. The summed E-state index contributed by atoms with van der Waals surface area (Å²) in [5.74, 6) is 1.06. The number of ether oxygens (including phenoxy) is 1. The molecular weight excluding hydrogens is 278 g/mol. The lowest BCUT2D eigenvalue weighted by atomic mass is 10.2. The molecule has 0 N–H and O–H groups in total. The number of aryl methyl sites for hydroxylation is 1. The van der Waals surface area contributed by atoms with E-state index < -0.39 is 5.97 Å². The van der Waals surface area contributed by atoms with Crippen LogP contribution in [0.2, 0.25) is 5.02 Å². The minimum atomic E-state index is -0.506. The maximum atomic E-state index is 11.8. The summed E-state index contributed by atoms with van der Waals surface area (Å²) in [5.41, 5.74) is 0.860. The molecule has 1 aromatic carbocycles. The van der Waals surface area contributed by atoms with Crippen molar-refractivity contribution < 1.29 is 13.9 Å². The molecule has 2 heterocycles. The predicted molar refractivity (Wildman–Crippen MR) is 75.5 cm³/mol. The van der Waals surface area contributed by atoms with Gasteiger partial charge in [0.1, 0.15) is 11.5 Å². The zero-order chi connectivity index (χ0) is 14.1. The largest absolute Gasteiger partial charge is 0.462 e. The van der Waals surface area contributed by atoms with Crippen LogP contribution in [0.5, 0.6) is 0 Å². The number of esters is 1. The van der Waals surface area contributed by atoms with Crippen LogP contribution in [-0.2, 0) is 9.53 Å². The van der Waals surface area contributed by atoms with Crippen molar-refractivity contribution in [2.24, 2.45) is 4.99 Å².